The van der Waals surface area contributed by atoms with E-state index in [0.29, 0.717) is 0 Å². The van der Waals surface area contributed by atoms with Crippen molar-refractivity contribution in [1.82, 2.24) is 0 Å². The number of rotatable bonds is 16. The van der Waals surface area contributed by atoms with Crippen LogP contribution >= 0.6 is 15.6 Å². The SMILES string of the molecule is C=C(C)COCOCOP(=O)(O)OP(=O)(O)OCOCOCC(=C)C. The zero-order valence-electron chi connectivity index (χ0n) is 14.1. The molecule has 0 heterocycles. The summed E-state index contributed by atoms with van der Waals surface area (Å²) in [6, 6.07) is 0. The number of phosphoric acid groups is 2. The zero-order valence-corrected chi connectivity index (χ0v) is 15.9. The average Bonchev–Trinajstić information content (AvgIpc) is 2.44. The molecule has 2 N–H and O–H groups in total. The Bertz CT molecular complexity index is 463. The highest BCUT2D eigenvalue weighted by Gasteiger charge is 2.35. The lowest BCUT2D eigenvalue weighted by Gasteiger charge is -2.16. The first-order chi connectivity index (χ1) is 11.5. The Balaban J connectivity index is 3.92. The lowest BCUT2D eigenvalue weighted by Crippen LogP contribution is -2.07. The van der Waals surface area contributed by atoms with Gasteiger partial charge in [-0.1, -0.05) is 24.3 Å². The van der Waals surface area contributed by atoms with Crippen molar-refractivity contribution in [3.63, 3.8) is 0 Å². The van der Waals surface area contributed by atoms with Crippen LogP contribution in [0.3, 0.4) is 0 Å². The third kappa shape index (κ3) is 16.8. The third-order valence-electron chi connectivity index (χ3n) is 1.83. The highest BCUT2D eigenvalue weighted by Crippen LogP contribution is 2.60. The lowest BCUT2D eigenvalue weighted by atomic mass is 10.4. The van der Waals surface area contributed by atoms with Gasteiger partial charge in [0.2, 0.25) is 0 Å². The molecule has 0 aromatic carbocycles. The summed E-state index contributed by atoms with van der Waals surface area (Å²) in [6.45, 7) is 9.23. The van der Waals surface area contributed by atoms with E-state index in [1.807, 2.05) is 0 Å². The van der Waals surface area contributed by atoms with Crippen LogP contribution in [0.4, 0.5) is 0 Å². The minimum atomic E-state index is -4.89. The summed E-state index contributed by atoms with van der Waals surface area (Å²) < 4.78 is 54.9. The number of phosphoric ester groups is 2. The predicted octanol–water partition coefficient (Wildman–Crippen LogP) is 2.29. The van der Waals surface area contributed by atoms with Crippen LogP contribution in [0.25, 0.3) is 0 Å². The van der Waals surface area contributed by atoms with Crippen molar-refractivity contribution in [3.05, 3.63) is 24.3 Å². The Morgan fingerprint density at radius 2 is 1.12 bits per heavy atom. The van der Waals surface area contributed by atoms with E-state index in [-0.39, 0.29) is 26.8 Å². The normalized spacial score (nSPS) is 16.2. The number of hydrogen-bond donors (Lipinski definition) is 2. The van der Waals surface area contributed by atoms with Gasteiger partial charge < -0.3 is 28.7 Å². The maximum absolute atomic E-state index is 11.5. The highest BCUT2D eigenvalue weighted by molar-refractivity contribution is 7.61. The fourth-order valence-electron chi connectivity index (χ4n) is 1.00. The summed E-state index contributed by atoms with van der Waals surface area (Å²) in [7, 11) is -9.78. The molecule has 0 rings (SSSR count). The summed E-state index contributed by atoms with van der Waals surface area (Å²) in [5, 5.41) is 0. The average molecular weight is 406 g/mol. The van der Waals surface area contributed by atoms with Crippen molar-refractivity contribution in [3.8, 4) is 0 Å². The molecule has 11 nitrogen and oxygen atoms in total. The predicted molar refractivity (Wildman–Crippen MR) is 86.1 cm³/mol. The lowest BCUT2D eigenvalue weighted by molar-refractivity contribution is -0.104. The van der Waals surface area contributed by atoms with Crippen molar-refractivity contribution in [2.45, 2.75) is 13.8 Å². The molecular formula is C12H24O11P2. The van der Waals surface area contributed by atoms with Gasteiger partial charge in [0.05, 0.1) is 13.2 Å². The van der Waals surface area contributed by atoms with Gasteiger partial charge in [-0.3, -0.25) is 9.05 Å². The van der Waals surface area contributed by atoms with Gasteiger partial charge in [-0.2, -0.15) is 4.31 Å². The van der Waals surface area contributed by atoms with Crippen LogP contribution in [0.5, 0.6) is 0 Å². The van der Waals surface area contributed by atoms with Gasteiger partial charge in [0.25, 0.3) is 0 Å². The Labute approximate surface area is 146 Å². The van der Waals surface area contributed by atoms with Crippen LogP contribution < -0.4 is 0 Å². The van der Waals surface area contributed by atoms with Gasteiger partial charge in [-0.15, -0.1) is 0 Å². The van der Waals surface area contributed by atoms with Crippen molar-refractivity contribution in [2.24, 2.45) is 0 Å². The second kappa shape index (κ2) is 12.9. The maximum atomic E-state index is 11.5. The molecule has 0 bridgehead atoms. The van der Waals surface area contributed by atoms with Crippen molar-refractivity contribution < 1.29 is 51.2 Å². The molecule has 148 valence electrons. The molecule has 0 spiro atoms. The Morgan fingerprint density at radius 1 is 0.760 bits per heavy atom. The van der Waals surface area contributed by atoms with Crippen molar-refractivity contribution >= 4 is 15.6 Å². The molecule has 0 saturated heterocycles. The Kier molecular flexibility index (Phi) is 12.6. The summed E-state index contributed by atoms with van der Waals surface area (Å²) in [6.07, 6.45) is 0. The molecule has 0 radical (unpaired) electrons. The molecule has 13 heteroatoms. The molecule has 0 aromatic rings. The van der Waals surface area contributed by atoms with Crippen LogP contribution in [0, 0.1) is 0 Å². The van der Waals surface area contributed by atoms with Gasteiger partial charge in [-0.25, -0.2) is 9.13 Å². The quantitative estimate of drug-likeness (QED) is 0.169. The zero-order chi connectivity index (χ0) is 19.3. The van der Waals surface area contributed by atoms with Crippen LogP contribution in [-0.4, -0.2) is 50.2 Å². The van der Waals surface area contributed by atoms with Gasteiger partial charge >= 0.3 is 15.6 Å². The van der Waals surface area contributed by atoms with E-state index in [0.717, 1.165) is 11.1 Å². The van der Waals surface area contributed by atoms with Crippen molar-refractivity contribution in [2.75, 3.05) is 40.4 Å². The monoisotopic (exact) mass is 406 g/mol. The first kappa shape index (κ1) is 24.6. The van der Waals surface area contributed by atoms with E-state index < -0.39 is 29.2 Å². The number of hydrogen-bond acceptors (Lipinski definition) is 9. The van der Waals surface area contributed by atoms with E-state index >= 15 is 0 Å². The second-order valence-electron chi connectivity index (χ2n) is 4.77. The van der Waals surface area contributed by atoms with E-state index in [1.54, 1.807) is 13.8 Å². The van der Waals surface area contributed by atoms with Crippen LogP contribution in [-0.2, 0) is 41.4 Å². The number of ether oxygens (including phenoxy) is 4. The largest absolute Gasteiger partial charge is 0.483 e. The van der Waals surface area contributed by atoms with E-state index in [2.05, 4.69) is 26.5 Å². The molecule has 25 heavy (non-hydrogen) atoms. The van der Waals surface area contributed by atoms with Gasteiger partial charge in [-0.05, 0) is 13.8 Å². The third-order valence-corrected chi connectivity index (χ3v) is 4.35. The first-order valence-corrected chi connectivity index (χ1v) is 9.79. The summed E-state index contributed by atoms with van der Waals surface area (Å²) in [5.74, 6) is 0. The molecule has 2 unspecified atom stereocenters. The standard InChI is InChI=1S/C12H24O11P2/c1-11(2)5-17-7-19-9-21-24(13,14)23-25(15,16)22-10-20-8-18-6-12(3)4/h1,3,5-10H2,2,4H3,(H,13,14)(H,15,16). The second-order valence-corrected chi connectivity index (χ2v) is 7.81. The first-order valence-electron chi connectivity index (χ1n) is 6.80. The van der Waals surface area contributed by atoms with Gasteiger partial charge in [0.15, 0.2) is 13.6 Å². The Morgan fingerprint density at radius 3 is 1.44 bits per heavy atom. The molecule has 0 aromatic heterocycles. The molecule has 0 aliphatic heterocycles. The summed E-state index contributed by atoms with van der Waals surface area (Å²) in [5.41, 5.74) is 1.51. The van der Waals surface area contributed by atoms with Gasteiger partial charge in [0.1, 0.15) is 13.6 Å². The fraction of sp³-hybridized carbons (Fsp3) is 0.667. The van der Waals surface area contributed by atoms with Crippen molar-refractivity contribution in [1.29, 1.82) is 0 Å². The molecule has 0 saturated carbocycles. The van der Waals surface area contributed by atoms with Crippen LogP contribution in [0.15, 0.2) is 24.3 Å². The fourth-order valence-corrected chi connectivity index (χ4v) is 2.84. The Hall–Kier alpha value is -0.420. The topological polar surface area (TPSA) is 139 Å². The van der Waals surface area contributed by atoms with E-state index in [1.165, 1.54) is 0 Å². The van der Waals surface area contributed by atoms with Gasteiger partial charge in [0, 0.05) is 0 Å². The molecule has 0 aliphatic carbocycles. The summed E-state index contributed by atoms with van der Waals surface area (Å²) >= 11 is 0. The van der Waals surface area contributed by atoms with Crippen LogP contribution in [0.2, 0.25) is 0 Å². The molecule has 0 aliphatic rings. The smallest absolute Gasteiger partial charge is 0.351 e. The minimum absolute atomic E-state index is 0.238. The highest BCUT2D eigenvalue weighted by atomic mass is 31.3. The van der Waals surface area contributed by atoms with E-state index in [4.69, 9.17) is 18.9 Å². The molecular weight excluding hydrogens is 382 g/mol. The van der Waals surface area contributed by atoms with Crippen LogP contribution in [0.1, 0.15) is 13.8 Å². The minimum Gasteiger partial charge on any atom is -0.351 e. The molecule has 0 fully saturated rings. The molecule has 0 amide bonds. The summed E-state index contributed by atoms with van der Waals surface area (Å²) in [4.78, 5) is 18.6. The maximum Gasteiger partial charge on any atom is 0.483 e. The molecule has 2 atom stereocenters. The van der Waals surface area contributed by atoms with E-state index in [9.17, 15) is 18.9 Å².